The molecule has 1 aromatic rings. The number of carbonyl (C=O) groups is 1. The molecule has 0 saturated heterocycles. The maximum Gasteiger partial charge on any atom is 0.310 e. The van der Waals surface area contributed by atoms with Crippen LogP contribution in [0.3, 0.4) is 0 Å². The van der Waals surface area contributed by atoms with E-state index in [4.69, 9.17) is 10.00 Å². The van der Waals surface area contributed by atoms with Gasteiger partial charge in [0, 0.05) is 0 Å². The summed E-state index contributed by atoms with van der Waals surface area (Å²) >= 11 is 0. The molecule has 4 heteroatoms. The molecule has 0 amide bonds. The first kappa shape index (κ1) is 13.0. The predicted molar refractivity (Wildman–Crippen MR) is 62.5 cm³/mol. The van der Waals surface area contributed by atoms with Crippen molar-refractivity contribution in [1.29, 1.82) is 5.26 Å². The molecular formula is C13H15NO3. The number of esters is 1. The fourth-order valence-corrected chi connectivity index (χ4v) is 1.58. The molecule has 0 spiro atoms. The lowest BCUT2D eigenvalue weighted by atomic mass is 10.00. The molecule has 0 aliphatic heterocycles. The van der Waals surface area contributed by atoms with E-state index < -0.39 is 5.97 Å². The quantitative estimate of drug-likeness (QED) is 0.807. The Balaban J connectivity index is 3.03. The van der Waals surface area contributed by atoms with Gasteiger partial charge in [0.1, 0.15) is 5.75 Å². The highest BCUT2D eigenvalue weighted by molar-refractivity contribution is 5.74. The minimum absolute atomic E-state index is 0.00822. The van der Waals surface area contributed by atoms with Crippen molar-refractivity contribution in [1.82, 2.24) is 0 Å². The van der Waals surface area contributed by atoms with Crippen molar-refractivity contribution in [3.63, 3.8) is 0 Å². The summed E-state index contributed by atoms with van der Waals surface area (Å²) < 4.78 is 4.81. The van der Waals surface area contributed by atoms with Crippen LogP contribution >= 0.6 is 0 Å². The molecule has 17 heavy (non-hydrogen) atoms. The number of phenolic OH excluding ortho intramolecular Hbond substituents is 1. The van der Waals surface area contributed by atoms with Crippen LogP contribution in [0.2, 0.25) is 0 Å². The van der Waals surface area contributed by atoms with Gasteiger partial charge in [-0.1, -0.05) is 6.92 Å². The Morgan fingerprint density at radius 1 is 1.41 bits per heavy atom. The van der Waals surface area contributed by atoms with Gasteiger partial charge < -0.3 is 9.84 Å². The van der Waals surface area contributed by atoms with Crippen molar-refractivity contribution in [3.8, 4) is 11.8 Å². The average molecular weight is 233 g/mol. The van der Waals surface area contributed by atoms with E-state index in [0.29, 0.717) is 29.7 Å². The van der Waals surface area contributed by atoms with Crippen molar-refractivity contribution in [3.05, 3.63) is 28.8 Å². The van der Waals surface area contributed by atoms with Crippen LogP contribution in [-0.4, -0.2) is 17.7 Å². The van der Waals surface area contributed by atoms with Gasteiger partial charge in [-0.15, -0.1) is 0 Å². The summed E-state index contributed by atoms with van der Waals surface area (Å²) in [7, 11) is 0. The smallest absolute Gasteiger partial charge is 0.310 e. The van der Waals surface area contributed by atoms with E-state index in [1.807, 2.05) is 13.0 Å². The highest BCUT2D eigenvalue weighted by atomic mass is 16.5. The SMILES string of the molecule is CCOC(=O)Cc1cc(O)c(CC)cc1C#N. The Kier molecular flexibility index (Phi) is 4.53. The Morgan fingerprint density at radius 3 is 2.65 bits per heavy atom. The molecular weight excluding hydrogens is 218 g/mol. The number of hydrogen-bond acceptors (Lipinski definition) is 4. The van der Waals surface area contributed by atoms with Crippen molar-refractivity contribution in [2.45, 2.75) is 26.7 Å². The average Bonchev–Trinajstić information content (AvgIpc) is 2.29. The Morgan fingerprint density at radius 2 is 2.12 bits per heavy atom. The number of nitriles is 1. The Hall–Kier alpha value is -2.02. The Labute approximate surface area is 100 Å². The lowest BCUT2D eigenvalue weighted by molar-refractivity contribution is -0.142. The molecule has 1 aromatic carbocycles. The van der Waals surface area contributed by atoms with Crippen LogP contribution in [0.25, 0.3) is 0 Å². The van der Waals surface area contributed by atoms with Gasteiger partial charge in [-0.2, -0.15) is 5.26 Å². The molecule has 0 unspecified atom stereocenters. The monoisotopic (exact) mass is 233 g/mol. The van der Waals surface area contributed by atoms with Gasteiger partial charge in [0.2, 0.25) is 0 Å². The molecule has 0 aliphatic rings. The van der Waals surface area contributed by atoms with Gasteiger partial charge in [0.15, 0.2) is 0 Å². The number of ether oxygens (including phenoxy) is 1. The minimum Gasteiger partial charge on any atom is -0.508 e. The number of phenols is 1. The third kappa shape index (κ3) is 3.22. The number of aromatic hydroxyl groups is 1. The first-order valence-corrected chi connectivity index (χ1v) is 5.52. The molecule has 1 rings (SSSR count). The molecule has 0 bridgehead atoms. The summed E-state index contributed by atoms with van der Waals surface area (Å²) in [5.41, 5.74) is 1.61. The summed E-state index contributed by atoms with van der Waals surface area (Å²) in [6.07, 6.45) is 0.647. The maximum atomic E-state index is 11.3. The van der Waals surface area contributed by atoms with E-state index in [0.717, 1.165) is 0 Å². The summed E-state index contributed by atoms with van der Waals surface area (Å²) in [5, 5.41) is 18.7. The maximum absolute atomic E-state index is 11.3. The van der Waals surface area contributed by atoms with Gasteiger partial charge in [-0.3, -0.25) is 4.79 Å². The van der Waals surface area contributed by atoms with Crippen LogP contribution in [-0.2, 0) is 22.4 Å². The fraction of sp³-hybridized carbons (Fsp3) is 0.385. The third-order valence-electron chi connectivity index (χ3n) is 2.45. The zero-order chi connectivity index (χ0) is 12.8. The number of rotatable bonds is 4. The van der Waals surface area contributed by atoms with Crippen LogP contribution in [0.5, 0.6) is 5.75 Å². The third-order valence-corrected chi connectivity index (χ3v) is 2.45. The molecule has 0 saturated carbocycles. The molecule has 90 valence electrons. The molecule has 0 radical (unpaired) electrons. The minimum atomic E-state index is -0.396. The summed E-state index contributed by atoms with van der Waals surface area (Å²) in [6, 6.07) is 5.11. The van der Waals surface area contributed by atoms with Gasteiger partial charge in [-0.25, -0.2) is 0 Å². The second kappa shape index (κ2) is 5.90. The summed E-state index contributed by atoms with van der Waals surface area (Å²) in [4.78, 5) is 11.3. The van der Waals surface area contributed by atoms with Crippen molar-refractivity contribution in [2.75, 3.05) is 6.61 Å². The van der Waals surface area contributed by atoms with Crippen molar-refractivity contribution < 1.29 is 14.6 Å². The zero-order valence-corrected chi connectivity index (χ0v) is 9.99. The van der Waals surface area contributed by atoms with Crippen LogP contribution in [0.4, 0.5) is 0 Å². The predicted octanol–water partition coefficient (Wildman–Crippen LogP) is 1.93. The number of hydrogen-bond donors (Lipinski definition) is 1. The summed E-state index contributed by atoms with van der Waals surface area (Å²) in [6.45, 7) is 3.92. The summed E-state index contributed by atoms with van der Waals surface area (Å²) in [5.74, 6) is -0.279. The molecule has 0 aliphatic carbocycles. The number of nitrogens with zero attached hydrogens (tertiary/aromatic N) is 1. The highest BCUT2D eigenvalue weighted by Crippen LogP contribution is 2.23. The Bertz CT molecular complexity index is 460. The molecule has 4 nitrogen and oxygen atoms in total. The van der Waals surface area contributed by atoms with Gasteiger partial charge in [0.05, 0.1) is 24.7 Å². The number of carbonyl (C=O) groups excluding carboxylic acids is 1. The van der Waals surface area contributed by atoms with E-state index >= 15 is 0 Å². The topological polar surface area (TPSA) is 70.3 Å². The van der Waals surface area contributed by atoms with E-state index in [1.165, 1.54) is 6.07 Å². The van der Waals surface area contributed by atoms with Crippen molar-refractivity contribution in [2.24, 2.45) is 0 Å². The second-order valence-corrected chi connectivity index (χ2v) is 3.59. The number of benzene rings is 1. The van der Waals surface area contributed by atoms with Crippen molar-refractivity contribution >= 4 is 5.97 Å². The molecule has 0 atom stereocenters. The van der Waals surface area contributed by atoms with Crippen LogP contribution in [0.15, 0.2) is 12.1 Å². The van der Waals surface area contributed by atoms with Crippen LogP contribution in [0.1, 0.15) is 30.5 Å². The fourth-order valence-electron chi connectivity index (χ4n) is 1.58. The highest BCUT2D eigenvalue weighted by Gasteiger charge is 2.12. The molecule has 0 heterocycles. The second-order valence-electron chi connectivity index (χ2n) is 3.59. The lowest BCUT2D eigenvalue weighted by Crippen LogP contribution is -2.09. The lowest BCUT2D eigenvalue weighted by Gasteiger charge is -2.08. The normalized spacial score (nSPS) is 9.71. The van der Waals surface area contributed by atoms with Gasteiger partial charge >= 0.3 is 5.97 Å². The molecule has 1 N–H and O–H groups in total. The first-order chi connectivity index (χ1) is 8.12. The van der Waals surface area contributed by atoms with E-state index in [-0.39, 0.29) is 12.2 Å². The standard InChI is InChI=1S/C13H15NO3/c1-3-9-5-11(8-14)10(6-12(9)15)7-13(16)17-4-2/h5-6,15H,3-4,7H2,1-2H3. The largest absolute Gasteiger partial charge is 0.508 e. The van der Waals surface area contributed by atoms with Gasteiger partial charge in [-0.05, 0) is 36.6 Å². The van der Waals surface area contributed by atoms with Crippen LogP contribution in [0, 0.1) is 11.3 Å². The molecule has 0 fully saturated rings. The van der Waals surface area contributed by atoms with Crippen LogP contribution < -0.4 is 0 Å². The first-order valence-electron chi connectivity index (χ1n) is 5.52. The zero-order valence-electron chi connectivity index (χ0n) is 9.99. The van der Waals surface area contributed by atoms with E-state index in [2.05, 4.69) is 0 Å². The van der Waals surface area contributed by atoms with E-state index in [1.54, 1.807) is 13.0 Å². The number of aryl methyl sites for hydroxylation is 1. The van der Waals surface area contributed by atoms with Gasteiger partial charge in [0.25, 0.3) is 0 Å². The molecule has 0 aromatic heterocycles. The van der Waals surface area contributed by atoms with E-state index in [9.17, 15) is 9.90 Å².